The van der Waals surface area contributed by atoms with E-state index in [-0.39, 0.29) is 5.66 Å². The van der Waals surface area contributed by atoms with Crippen molar-refractivity contribution < 1.29 is 9.30 Å². The van der Waals surface area contributed by atoms with Crippen LogP contribution in [0.15, 0.2) is 55.1 Å². The van der Waals surface area contributed by atoms with Crippen LogP contribution in [0.5, 0.6) is 0 Å². The van der Waals surface area contributed by atoms with Gasteiger partial charge in [-0.05, 0) is 0 Å². The monoisotopic (exact) mass is 248 g/mol. The van der Waals surface area contributed by atoms with E-state index in [2.05, 4.69) is 6.58 Å². The lowest BCUT2D eigenvalue weighted by atomic mass is 10.4. The fourth-order valence-electron chi connectivity index (χ4n) is 2.07. The standard InChI is InChI=1S/C14H17O2P/c1-2-10-16-12-14-9-6-11-17(14,15)13-7-4-3-5-8-13/h2-9,14H,1,10-12H2/t14-,17+/m0/s1. The predicted octanol–water partition coefficient (Wildman–Crippen LogP) is 2.82. The third-order valence-corrected chi connectivity index (χ3v) is 6.31. The summed E-state index contributed by atoms with van der Waals surface area (Å²) < 4.78 is 18.4. The van der Waals surface area contributed by atoms with Crippen molar-refractivity contribution in [2.75, 3.05) is 19.4 Å². The highest BCUT2D eigenvalue weighted by molar-refractivity contribution is 7.73. The van der Waals surface area contributed by atoms with E-state index in [1.165, 1.54) is 0 Å². The van der Waals surface area contributed by atoms with Gasteiger partial charge in [0.25, 0.3) is 0 Å². The zero-order valence-corrected chi connectivity index (χ0v) is 10.7. The van der Waals surface area contributed by atoms with Crippen LogP contribution in [-0.4, -0.2) is 25.0 Å². The zero-order valence-electron chi connectivity index (χ0n) is 9.79. The minimum absolute atomic E-state index is 0.0184. The molecule has 17 heavy (non-hydrogen) atoms. The van der Waals surface area contributed by atoms with Gasteiger partial charge in [-0.25, -0.2) is 0 Å². The van der Waals surface area contributed by atoms with Crippen LogP contribution in [-0.2, 0) is 9.30 Å². The minimum Gasteiger partial charge on any atom is -0.376 e. The summed E-state index contributed by atoms with van der Waals surface area (Å²) in [5.41, 5.74) is 0.0184. The first-order valence-corrected chi connectivity index (χ1v) is 7.73. The number of hydrogen-bond donors (Lipinski definition) is 0. The van der Waals surface area contributed by atoms with Gasteiger partial charge in [-0.3, -0.25) is 0 Å². The Balaban J connectivity index is 2.14. The maximum absolute atomic E-state index is 13.0. The van der Waals surface area contributed by atoms with Crippen LogP contribution in [0.4, 0.5) is 0 Å². The van der Waals surface area contributed by atoms with Gasteiger partial charge in [0.05, 0.1) is 18.9 Å². The third-order valence-electron chi connectivity index (χ3n) is 2.99. The molecule has 0 radical (unpaired) electrons. The van der Waals surface area contributed by atoms with E-state index in [0.29, 0.717) is 19.4 Å². The molecule has 2 nitrogen and oxygen atoms in total. The first-order valence-electron chi connectivity index (χ1n) is 5.77. The molecule has 0 unspecified atom stereocenters. The molecule has 2 rings (SSSR count). The van der Waals surface area contributed by atoms with Crippen molar-refractivity contribution in [1.29, 1.82) is 0 Å². The highest BCUT2D eigenvalue weighted by Crippen LogP contribution is 2.53. The lowest BCUT2D eigenvalue weighted by Gasteiger charge is -2.20. The Hall–Kier alpha value is -1.11. The van der Waals surface area contributed by atoms with Crippen LogP contribution in [0.3, 0.4) is 0 Å². The van der Waals surface area contributed by atoms with Crippen molar-refractivity contribution in [3.05, 3.63) is 55.1 Å². The molecule has 0 bridgehead atoms. The van der Waals surface area contributed by atoms with E-state index < -0.39 is 7.14 Å². The second-order valence-corrected chi connectivity index (χ2v) is 7.27. The Bertz CT molecular complexity index is 451. The molecule has 0 saturated heterocycles. The fourth-order valence-corrected chi connectivity index (χ4v) is 4.80. The van der Waals surface area contributed by atoms with Gasteiger partial charge in [0.15, 0.2) is 0 Å². The molecule has 1 aromatic carbocycles. The SMILES string of the molecule is C=CCOC[C@@H]1C=CC[P@@]1(=O)c1ccccc1. The number of allylic oxidation sites excluding steroid dienone is 1. The fraction of sp³-hybridized carbons (Fsp3) is 0.286. The van der Waals surface area contributed by atoms with Gasteiger partial charge in [0, 0.05) is 11.5 Å². The molecule has 3 heteroatoms. The van der Waals surface area contributed by atoms with Crippen molar-refractivity contribution in [3.8, 4) is 0 Å². The largest absolute Gasteiger partial charge is 0.376 e. The Kier molecular flexibility index (Phi) is 3.98. The molecule has 1 aliphatic rings. The number of rotatable bonds is 5. The average Bonchev–Trinajstić information content (AvgIpc) is 2.74. The van der Waals surface area contributed by atoms with Crippen molar-refractivity contribution in [2.24, 2.45) is 0 Å². The number of ether oxygens (including phenoxy) is 1. The molecule has 0 fully saturated rings. The maximum atomic E-state index is 13.0. The first-order chi connectivity index (χ1) is 8.27. The quantitative estimate of drug-likeness (QED) is 0.455. The van der Waals surface area contributed by atoms with Crippen LogP contribution >= 0.6 is 7.14 Å². The second-order valence-electron chi connectivity index (χ2n) is 4.14. The van der Waals surface area contributed by atoms with Gasteiger partial charge in [0.1, 0.15) is 7.14 Å². The highest BCUT2D eigenvalue weighted by Gasteiger charge is 2.35. The van der Waals surface area contributed by atoms with Gasteiger partial charge in [0.2, 0.25) is 0 Å². The molecule has 0 aliphatic carbocycles. The summed E-state index contributed by atoms with van der Waals surface area (Å²) in [5.74, 6) is 0. The van der Waals surface area contributed by atoms with Crippen molar-refractivity contribution >= 4 is 12.4 Å². The predicted molar refractivity (Wildman–Crippen MR) is 72.5 cm³/mol. The zero-order chi connectivity index (χ0) is 12.1. The molecule has 1 aromatic rings. The van der Waals surface area contributed by atoms with Gasteiger partial charge >= 0.3 is 0 Å². The summed E-state index contributed by atoms with van der Waals surface area (Å²) in [6.45, 7) is 4.63. The van der Waals surface area contributed by atoms with Crippen molar-refractivity contribution in [2.45, 2.75) is 5.66 Å². The first kappa shape index (κ1) is 12.3. The van der Waals surface area contributed by atoms with E-state index >= 15 is 0 Å². The summed E-state index contributed by atoms with van der Waals surface area (Å²) in [4.78, 5) is 0. The van der Waals surface area contributed by atoms with E-state index in [0.717, 1.165) is 5.30 Å². The molecular weight excluding hydrogens is 231 g/mol. The summed E-state index contributed by atoms with van der Waals surface area (Å²) in [6, 6.07) is 9.73. The smallest absolute Gasteiger partial charge is 0.127 e. The molecule has 0 aromatic heterocycles. The van der Waals surface area contributed by atoms with E-state index in [1.807, 2.05) is 42.5 Å². The van der Waals surface area contributed by atoms with E-state index in [1.54, 1.807) is 6.08 Å². The van der Waals surface area contributed by atoms with Crippen LogP contribution in [0, 0.1) is 0 Å². The topological polar surface area (TPSA) is 26.3 Å². The summed E-state index contributed by atoms with van der Waals surface area (Å²) in [6.07, 6.45) is 6.40. The molecule has 1 heterocycles. The molecule has 0 saturated carbocycles. The molecule has 0 N–H and O–H groups in total. The normalized spacial score (nSPS) is 27.2. The van der Waals surface area contributed by atoms with Crippen LogP contribution in [0.25, 0.3) is 0 Å². The van der Waals surface area contributed by atoms with Gasteiger partial charge in [-0.15, -0.1) is 6.58 Å². The second kappa shape index (κ2) is 5.48. The number of benzene rings is 1. The summed E-state index contributed by atoms with van der Waals surface area (Å²) in [7, 11) is -2.34. The minimum atomic E-state index is -2.34. The van der Waals surface area contributed by atoms with E-state index in [4.69, 9.17) is 4.74 Å². The maximum Gasteiger partial charge on any atom is 0.127 e. The Morgan fingerprint density at radius 2 is 2.18 bits per heavy atom. The molecule has 0 spiro atoms. The Labute approximate surface area is 102 Å². The third kappa shape index (κ3) is 2.59. The van der Waals surface area contributed by atoms with Crippen molar-refractivity contribution in [3.63, 3.8) is 0 Å². The van der Waals surface area contributed by atoms with Crippen LogP contribution in [0.1, 0.15) is 0 Å². The van der Waals surface area contributed by atoms with Crippen LogP contribution in [0.2, 0.25) is 0 Å². The van der Waals surface area contributed by atoms with Gasteiger partial charge < -0.3 is 9.30 Å². The highest BCUT2D eigenvalue weighted by atomic mass is 31.2. The molecule has 2 atom stereocenters. The molecule has 1 aliphatic heterocycles. The van der Waals surface area contributed by atoms with E-state index in [9.17, 15) is 4.57 Å². The average molecular weight is 248 g/mol. The molecular formula is C14H17O2P. The summed E-state index contributed by atoms with van der Waals surface area (Å²) >= 11 is 0. The molecule has 90 valence electrons. The lowest BCUT2D eigenvalue weighted by molar-refractivity contribution is 0.169. The Morgan fingerprint density at radius 1 is 1.41 bits per heavy atom. The summed E-state index contributed by atoms with van der Waals surface area (Å²) in [5, 5.41) is 0.956. The van der Waals surface area contributed by atoms with Gasteiger partial charge in [-0.2, -0.15) is 0 Å². The Morgan fingerprint density at radius 3 is 2.88 bits per heavy atom. The lowest BCUT2D eigenvalue weighted by Crippen LogP contribution is -2.19. The number of hydrogen-bond acceptors (Lipinski definition) is 2. The van der Waals surface area contributed by atoms with Gasteiger partial charge in [-0.1, -0.05) is 48.6 Å². The van der Waals surface area contributed by atoms with Crippen molar-refractivity contribution in [1.82, 2.24) is 0 Å². The van der Waals surface area contributed by atoms with Crippen LogP contribution < -0.4 is 5.30 Å². The molecule has 0 amide bonds.